The molecular weight excluding hydrogens is 324 g/mol. The van der Waals surface area contributed by atoms with E-state index in [-0.39, 0.29) is 12.8 Å². The molecule has 0 aromatic carbocycles. The van der Waals surface area contributed by atoms with Crippen LogP contribution in [0.15, 0.2) is 49.1 Å². The van der Waals surface area contributed by atoms with Crippen LogP contribution in [-0.2, 0) is 5.41 Å². The molecule has 0 radical (unpaired) electrons. The van der Waals surface area contributed by atoms with Gasteiger partial charge in [0.05, 0.1) is 5.69 Å². The highest BCUT2D eigenvalue weighted by molar-refractivity contribution is 5.57. The Morgan fingerprint density at radius 2 is 1.96 bits per heavy atom. The van der Waals surface area contributed by atoms with Crippen LogP contribution in [0.2, 0.25) is 0 Å². The van der Waals surface area contributed by atoms with Gasteiger partial charge in [0.2, 0.25) is 5.95 Å². The van der Waals surface area contributed by atoms with Gasteiger partial charge in [0.1, 0.15) is 12.0 Å². The SMILES string of the molecule is Fc1cccnc1C1(CNc2ncc(-c3ccc[nH]3)cn2)CC(F)C1. The summed E-state index contributed by atoms with van der Waals surface area (Å²) in [6.45, 7) is 0.337. The number of hydrogen-bond donors (Lipinski definition) is 2. The zero-order valence-electron chi connectivity index (χ0n) is 13.4. The smallest absolute Gasteiger partial charge is 0.222 e. The third kappa shape index (κ3) is 2.97. The van der Waals surface area contributed by atoms with Crippen LogP contribution in [0.25, 0.3) is 11.3 Å². The Morgan fingerprint density at radius 1 is 1.16 bits per heavy atom. The molecule has 0 spiro atoms. The van der Waals surface area contributed by atoms with Crippen molar-refractivity contribution in [3.8, 4) is 11.3 Å². The maximum Gasteiger partial charge on any atom is 0.222 e. The summed E-state index contributed by atoms with van der Waals surface area (Å²) in [6.07, 6.45) is 6.33. The van der Waals surface area contributed by atoms with Gasteiger partial charge in [0.15, 0.2) is 0 Å². The molecule has 0 unspecified atom stereocenters. The number of nitrogens with one attached hydrogen (secondary N) is 2. The van der Waals surface area contributed by atoms with Gasteiger partial charge >= 0.3 is 0 Å². The van der Waals surface area contributed by atoms with Crippen molar-refractivity contribution >= 4 is 5.95 Å². The summed E-state index contributed by atoms with van der Waals surface area (Å²) >= 11 is 0. The van der Waals surface area contributed by atoms with Crippen molar-refractivity contribution in [3.05, 3.63) is 60.6 Å². The molecule has 3 aromatic rings. The van der Waals surface area contributed by atoms with E-state index >= 15 is 0 Å². The first-order valence-corrected chi connectivity index (χ1v) is 8.11. The van der Waals surface area contributed by atoms with Crippen LogP contribution < -0.4 is 5.32 Å². The van der Waals surface area contributed by atoms with E-state index in [9.17, 15) is 8.78 Å². The molecule has 128 valence electrons. The highest BCUT2D eigenvalue weighted by Crippen LogP contribution is 2.45. The van der Waals surface area contributed by atoms with E-state index in [2.05, 4.69) is 25.3 Å². The topological polar surface area (TPSA) is 66.5 Å². The minimum Gasteiger partial charge on any atom is -0.361 e. The lowest BCUT2D eigenvalue weighted by Crippen LogP contribution is -2.49. The molecule has 3 aromatic heterocycles. The number of aromatic nitrogens is 4. The van der Waals surface area contributed by atoms with Gasteiger partial charge in [-0.15, -0.1) is 0 Å². The zero-order valence-corrected chi connectivity index (χ0v) is 13.4. The average Bonchev–Trinajstić information content (AvgIpc) is 3.13. The number of anilines is 1. The maximum absolute atomic E-state index is 14.1. The monoisotopic (exact) mass is 341 g/mol. The number of pyridine rings is 1. The second kappa shape index (κ2) is 6.23. The lowest BCUT2D eigenvalue weighted by Gasteiger charge is -2.43. The molecule has 3 heterocycles. The normalized spacial score (nSPS) is 22.4. The maximum atomic E-state index is 14.1. The lowest BCUT2D eigenvalue weighted by molar-refractivity contribution is 0.0963. The summed E-state index contributed by atoms with van der Waals surface area (Å²) in [5.41, 5.74) is 1.44. The molecule has 7 heteroatoms. The third-order valence-corrected chi connectivity index (χ3v) is 4.63. The molecule has 0 saturated heterocycles. The van der Waals surface area contributed by atoms with Gasteiger partial charge in [0, 0.05) is 48.0 Å². The lowest BCUT2D eigenvalue weighted by atomic mass is 9.65. The molecule has 25 heavy (non-hydrogen) atoms. The minimum absolute atomic E-state index is 0.245. The fourth-order valence-electron chi connectivity index (χ4n) is 3.30. The van der Waals surface area contributed by atoms with Crippen LogP contribution in [-0.4, -0.2) is 32.7 Å². The largest absolute Gasteiger partial charge is 0.361 e. The van der Waals surface area contributed by atoms with Crippen molar-refractivity contribution in [1.82, 2.24) is 19.9 Å². The van der Waals surface area contributed by atoms with Crippen molar-refractivity contribution in [3.63, 3.8) is 0 Å². The first kappa shape index (κ1) is 15.7. The predicted octanol–water partition coefficient (Wildman–Crippen LogP) is 3.49. The number of alkyl halides is 1. The molecule has 0 amide bonds. The second-order valence-electron chi connectivity index (χ2n) is 6.35. The quantitative estimate of drug-likeness (QED) is 0.745. The van der Waals surface area contributed by atoms with Gasteiger partial charge in [0.25, 0.3) is 0 Å². The summed E-state index contributed by atoms with van der Waals surface area (Å²) < 4.78 is 27.7. The number of nitrogens with zero attached hydrogens (tertiary/aromatic N) is 3. The van der Waals surface area contributed by atoms with Crippen molar-refractivity contribution in [2.45, 2.75) is 24.4 Å². The molecule has 1 aliphatic rings. The molecule has 5 nitrogen and oxygen atoms in total. The highest BCUT2D eigenvalue weighted by Gasteiger charge is 2.48. The Balaban J connectivity index is 1.50. The van der Waals surface area contributed by atoms with Crippen molar-refractivity contribution in [2.75, 3.05) is 11.9 Å². The fraction of sp³-hybridized carbons (Fsp3) is 0.278. The van der Waals surface area contributed by atoms with Crippen LogP contribution in [0.5, 0.6) is 0 Å². The van der Waals surface area contributed by atoms with Crippen molar-refractivity contribution in [2.24, 2.45) is 0 Å². The van der Waals surface area contributed by atoms with Gasteiger partial charge in [-0.25, -0.2) is 18.7 Å². The van der Waals surface area contributed by atoms with Gasteiger partial charge < -0.3 is 10.3 Å². The van der Waals surface area contributed by atoms with E-state index in [1.165, 1.54) is 18.3 Å². The Kier molecular flexibility index (Phi) is 3.91. The number of halogens is 2. The molecule has 4 rings (SSSR count). The standard InChI is InChI=1S/C18H17F2N5/c19-13-7-18(8-13,16-14(20)3-1-6-22-16)11-25-17-23-9-12(10-24-17)15-4-2-5-21-15/h1-6,9-10,13,21H,7-8,11H2,(H,23,24,25). The average molecular weight is 341 g/mol. The fourth-order valence-corrected chi connectivity index (χ4v) is 3.30. The second-order valence-corrected chi connectivity index (χ2v) is 6.35. The number of rotatable bonds is 5. The van der Waals surface area contributed by atoms with Gasteiger partial charge in [-0.05, 0) is 37.1 Å². The molecule has 0 bridgehead atoms. The van der Waals surface area contributed by atoms with Crippen LogP contribution in [0.4, 0.5) is 14.7 Å². The van der Waals surface area contributed by atoms with Crippen LogP contribution in [0, 0.1) is 5.82 Å². The third-order valence-electron chi connectivity index (χ3n) is 4.63. The number of hydrogen-bond acceptors (Lipinski definition) is 4. The van der Waals surface area contributed by atoms with Crippen LogP contribution in [0.3, 0.4) is 0 Å². The Hall–Kier alpha value is -2.83. The summed E-state index contributed by atoms with van der Waals surface area (Å²) in [5.74, 6) is 0.0209. The summed E-state index contributed by atoms with van der Waals surface area (Å²) in [5, 5.41) is 3.10. The zero-order chi connectivity index (χ0) is 17.3. The highest BCUT2D eigenvalue weighted by atomic mass is 19.1. The van der Waals surface area contributed by atoms with E-state index in [0.717, 1.165) is 11.3 Å². The van der Waals surface area contributed by atoms with Crippen LogP contribution >= 0.6 is 0 Å². The minimum atomic E-state index is -0.931. The molecular formula is C18H17F2N5. The first-order chi connectivity index (χ1) is 12.2. The van der Waals surface area contributed by atoms with Crippen molar-refractivity contribution in [1.29, 1.82) is 0 Å². The molecule has 0 aliphatic heterocycles. The molecule has 1 saturated carbocycles. The summed E-state index contributed by atoms with van der Waals surface area (Å²) in [4.78, 5) is 15.8. The summed E-state index contributed by atoms with van der Waals surface area (Å²) in [6, 6.07) is 6.72. The predicted molar refractivity (Wildman–Crippen MR) is 90.3 cm³/mol. The molecule has 1 aliphatic carbocycles. The van der Waals surface area contributed by atoms with Gasteiger partial charge in [-0.3, -0.25) is 4.98 Å². The van der Waals surface area contributed by atoms with Crippen molar-refractivity contribution < 1.29 is 8.78 Å². The molecule has 1 fully saturated rings. The van der Waals surface area contributed by atoms with Gasteiger partial charge in [-0.2, -0.15) is 0 Å². The molecule has 2 N–H and O–H groups in total. The van der Waals surface area contributed by atoms with E-state index in [0.29, 0.717) is 18.2 Å². The number of aromatic amines is 1. The first-order valence-electron chi connectivity index (χ1n) is 8.11. The van der Waals surface area contributed by atoms with E-state index < -0.39 is 17.4 Å². The van der Waals surface area contributed by atoms with E-state index in [1.54, 1.807) is 12.4 Å². The molecule has 0 atom stereocenters. The van der Waals surface area contributed by atoms with Gasteiger partial charge in [-0.1, -0.05) is 0 Å². The summed E-state index contributed by atoms with van der Waals surface area (Å²) in [7, 11) is 0. The van der Waals surface area contributed by atoms with E-state index in [4.69, 9.17) is 0 Å². The Bertz CT molecular complexity index is 842. The Morgan fingerprint density at radius 3 is 2.60 bits per heavy atom. The van der Waals surface area contributed by atoms with E-state index in [1.807, 2.05) is 18.3 Å². The Labute approximate surface area is 143 Å². The number of H-pyrrole nitrogens is 1. The van der Waals surface area contributed by atoms with Crippen LogP contribution in [0.1, 0.15) is 18.5 Å².